The summed E-state index contributed by atoms with van der Waals surface area (Å²) in [5.74, 6) is 0. The number of benzene rings is 3. The summed E-state index contributed by atoms with van der Waals surface area (Å²) in [6.45, 7) is 3.16. The average Bonchev–Trinajstić information content (AvgIpc) is 2.89. The SMILES string of the molecule is CCn1c2ccccc2c2c(-c3[c-]cccc3)[c-]ccc21.[Y]. The molecule has 0 atom stereocenters. The van der Waals surface area contributed by atoms with Gasteiger partial charge in [0.25, 0.3) is 0 Å². The van der Waals surface area contributed by atoms with Gasteiger partial charge in [-0.3, -0.25) is 0 Å². The fourth-order valence-electron chi connectivity index (χ4n) is 3.14. The second-order valence-corrected chi connectivity index (χ2v) is 5.15. The molecule has 22 heavy (non-hydrogen) atoms. The van der Waals surface area contributed by atoms with E-state index in [1.54, 1.807) is 0 Å². The van der Waals surface area contributed by atoms with Gasteiger partial charge in [0.2, 0.25) is 0 Å². The van der Waals surface area contributed by atoms with E-state index in [0.717, 1.165) is 17.7 Å². The fraction of sp³-hybridized carbons (Fsp3) is 0.100. The molecule has 4 rings (SSSR count). The summed E-state index contributed by atoms with van der Waals surface area (Å²) in [4.78, 5) is 0. The number of para-hydroxylation sites is 1. The van der Waals surface area contributed by atoms with Crippen molar-refractivity contribution >= 4 is 21.8 Å². The van der Waals surface area contributed by atoms with Crippen LogP contribution in [0.1, 0.15) is 6.92 Å². The molecule has 0 aliphatic carbocycles. The third-order valence-electron chi connectivity index (χ3n) is 4.02. The van der Waals surface area contributed by atoms with E-state index in [4.69, 9.17) is 0 Å². The third-order valence-corrected chi connectivity index (χ3v) is 4.02. The second kappa shape index (κ2) is 6.36. The van der Waals surface area contributed by atoms with Crippen molar-refractivity contribution in [1.82, 2.24) is 4.57 Å². The van der Waals surface area contributed by atoms with Crippen molar-refractivity contribution in [2.45, 2.75) is 13.5 Å². The molecule has 0 unspecified atom stereocenters. The molecule has 0 aliphatic heterocycles. The van der Waals surface area contributed by atoms with Crippen molar-refractivity contribution in [1.29, 1.82) is 0 Å². The zero-order valence-electron chi connectivity index (χ0n) is 12.5. The molecule has 0 amide bonds. The van der Waals surface area contributed by atoms with Crippen molar-refractivity contribution in [2.24, 2.45) is 0 Å². The van der Waals surface area contributed by atoms with Crippen LogP contribution in [0.25, 0.3) is 32.9 Å². The maximum atomic E-state index is 3.41. The summed E-state index contributed by atoms with van der Waals surface area (Å²) in [6.07, 6.45) is 0. The Kier molecular flexibility index (Phi) is 4.47. The van der Waals surface area contributed by atoms with Crippen LogP contribution in [0.3, 0.4) is 0 Å². The molecule has 2 heteroatoms. The van der Waals surface area contributed by atoms with Gasteiger partial charge in [-0.1, -0.05) is 18.2 Å². The van der Waals surface area contributed by atoms with Gasteiger partial charge < -0.3 is 4.57 Å². The van der Waals surface area contributed by atoms with Crippen LogP contribution >= 0.6 is 0 Å². The minimum absolute atomic E-state index is 0. The van der Waals surface area contributed by atoms with E-state index in [-0.39, 0.29) is 32.7 Å². The quantitative estimate of drug-likeness (QED) is 0.441. The summed E-state index contributed by atoms with van der Waals surface area (Å²) in [6, 6.07) is 27.6. The number of fused-ring (bicyclic) bond motifs is 3. The van der Waals surface area contributed by atoms with Crippen LogP contribution < -0.4 is 0 Å². The zero-order chi connectivity index (χ0) is 14.2. The maximum Gasteiger partial charge on any atom is 0.0375 e. The van der Waals surface area contributed by atoms with E-state index in [9.17, 15) is 0 Å². The topological polar surface area (TPSA) is 4.93 Å². The zero-order valence-corrected chi connectivity index (χ0v) is 15.3. The molecular weight excluding hydrogens is 343 g/mol. The molecule has 0 saturated carbocycles. The first-order chi connectivity index (χ1) is 10.4. The van der Waals surface area contributed by atoms with Gasteiger partial charge in [0.15, 0.2) is 0 Å². The predicted octanol–water partition coefficient (Wildman–Crippen LogP) is 5.08. The van der Waals surface area contributed by atoms with Crippen molar-refractivity contribution < 1.29 is 32.7 Å². The number of nitrogens with zero attached hydrogens (tertiary/aromatic N) is 1. The Morgan fingerprint density at radius 1 is 0.864 bits per heavy atom. The van der Waals surface area contributed by atoms with E-state index in [1.807, 2.05) is 18.2 Å². The minimum atomic E-state index is 0. The Labute approximate surface area is 155 Å². The number of aromatic nitrogens is 1. The van der Waals surface area contributed by atoms with Gasteiger partial charge in [0.1, 0.15) is 0 Å². The molecule has 0 saturated heterocycles. The average molecular weight is 358 g/mol. The van der Waals surface area contributed by atoms with Gasteiger partial charge in [0, 0.05) is 44.8 Å². The number of hydrogen-bond donors (Lipinski definition) is 0. The second-order valence-electron chi connectivity index (χ2n) is 5.15. The first-order valence-electron chi connectivity index (χ1n) is 7.29. The van der Waals surface area contributed by atoms with Crippen LogP contribution in [-0.4, -0.2) is 4.57 Å². The van der Waals surface area contributed by atoms with E-state index in [2.05, 4.69) is 66.1 Å². The molecule has 1 aromatic heterocycles. The first-order valence-corrected chi connectivity index (χ1v) is 7.29. The van der Waals surface area contributed by atoms with E-state index >= 15 is 0 Å². The Morgan fingerprint density at radius 2 is 1.68 bits per heavy atom. The molecule has 4 aromatic rings. The largest absolute Gasteiger partial charge is 0.360 e. The van der Waals surface area contributed by atoms with Crippen LogP contribution in [0.2, 0.25) is 0 Å². The molecule has 1 radical (unpaired) electrons. The molecule has 0 fully saturated rings. The number of aryl methyl sites for hydroxylation is 1. The monoisotopic (exact) mass is 358 g/mol. The van der Waals surface area contributed by atoms with Crippen molar-refractivity contribution in [3.05, 3.63) is 72.8 Å². The first kappa shape index (κ1) is 15.5. The molecule has 0 N–H and O–H groups in total. The van der Waals surface area contributed by atoms with E-state index < -0.39 is 0 Å². The van der Waals surface area contributed by atoms with Gasteiger partial charge in [-0.05, 0) is 23.9 Å². The Hall–Kier alpha value is -1.44. The van der Waals surface area contributed by atoms with Gasteiger partial charge in [-0.2, -0.15) is 36.4 Å². The van der Waals surface area contributed by atoms with Crippen LogP contribution in [0.5, 0.6) is 0 Å². The van der Waals surface area contributed by atoms with Crippen LogP contribution in [0.15, 0.2) is 60.7 Å². The molecule has 0 spiro atoms. The summed E-state index contributed by atoms with van der Waals surface area (Å²) in [5, 5.41) is 2.57. The van der Waals surface area contributed by atoms with Gasteiger partial charge in [0.05, 0.1) is 0 Å². The Bertz CT molecular complexity index is 922. The Morgan fingerprint density at radius 3 is 2.45 bits per heavy atom. The van der Waals surface area contributed by atoms with Gasteiger partial charge in [-0.15, -0.1) is 17.5 Å². The van der Waals surface area contributed by atoms with Gasteiger partial charge >= 0.3 is 0 Å². The Balaban J connectivity index is 0.00000144. The minimum Gasteiger partial charge on any atom is -0.360 e. The predicted molar refractivity (Wildman–Crippen MR) is 88.2 cm³/mol. The molecule has 105 valence electrons. The number of rotatable bonds is 2. The number of hydrogen-bond acceptors (Lipinski definition) is 0. The standard InChI is InChI=1S/C20H15N.Y/c1-2-21-18-13-7-6-11-17(18)20-16(12-8-14-19(20)21)15-9-4-3-5-10-15;/h3-9,11,13-14H,2H2,1H3;/q-2;. The summed E-state index contributed by atoms with van der Waals surface area (Å²) >= 11 is 0. The molecular formula is C20H15NY-2. The van der Waals surface area contributed by atoms with E-state index in [0.29, 0.717) is 0 Å². The summed E-state index contributed by atoms with van der Waals surface area (Å²) in [7, 11) is 0. The van der Waals surface area contributed by atoms with Gasteiger partial charge in [-0.25, -0.2) is 11.1 Å². The maximum absolute atomic E-state index is 3.41. The molecule has 0 bridgehead atoms. The van der Waals surface area contributed by atoms with Crippen molar-refractivity contribution in [3.63, 3.8) is 0 Å². The van der Waals surface area contributed by atoms with Crippen LogP contribution in [0.4, 0.5) is 0 Å². The summed E-state index contributed by atoms with van der Waals surface area (Å²) < 4.78 is 2.37. The molecule has 1 heterocycles. The molecule has 3 aromatic carbocycles. The van der Waals surface area contributed by atoms with Crippen LogP contribution in [0, 0.1) is 12.1 Å². The summed E-state index contributed by atoms with van der Waals surface area (Å²) in [5.41, 5.74) is 4.79. The van der Waals surface area contributed by atoms with Crippen molar-refractivity contribution in [2.75, 3.05) is 0 Å². The fourth-order valence-corrected chi connectivity index (χ4v) is 3.14. The third kappa shape index (κ3) is 2.33. The van der Waals surface area contributed by atoms with E-state index in [1.165, 1.54) is 21.8 Å². The normalized spacial score (nSPS) is 10.8. The van der Waals surface area contributed by atoms with Crippen LogP contribution in [-0.2, 0) is 39.3 Å². The van der Waals surface area contributed by atoms with Crippen molar-refractivity contribution in [3.8, 4) is 11.1 Å². The molecule has 0 aliphatic rings. The molecule has 1 nitrogen and oxygen atoms in total. The smallest absolute Gasteiger partial charge is 0.0375 e.